The Bertz CT molecular complexity index is 312. The van der Waals surface area contributed by atoms with Gasteiger partial charge in [-0.25, -0.2) is 9.79 Å². The van der Waals surface area contributed by atoms with Gasteiger partial charge in [0.15, 0.2) is 0 Å². The Morgan fingerprint density at radius 2 is 2.00 bits per heavy atom. The van der Waals surface area contributed by atoms with Gasteiger partial charge in [0.05, 0.1) is 0 Å². The Hall–Kier alpha value is -1.58. The van der Waals surface area contributed by atoms with E-state index in [4.69, 9.17) is 0 Å². The van der Waals surface area contributed by atoms with E-state index in [0.717, 1.165) is 12.0 Å². The molecule has 0 heterocycles. The number of hydrogen-bond donors (Lipinski definition) is 2. The quantitative estimate of drug-likeness (QED) is 0.546. The molecule has 0 spiro atoms. The zero-order valence-electron chi connectivity index (χ0n) is 10.6. The van der Waals surface area contributed by atoms with Gasteiger partial charge in [0.25, 0.3) is 0 Å². The van der Waals surface area contributed by atoms with Gasteiger partial charge in [-0.3, -0.25) is 5.32 Å². The van der Waals surface area contributed by atoms with E-state index in [1.807, 2.05) is 27.7 Å². The average Bonchev–Trinajstić information content (AvgIpc) is 2.24. The van der Waals surface area contributed by atoms with Crippen molar-refractivity contribution >= 4 is 12.7 Å². The monoisotopic (exact) mass is 223 g/mol. The summed E-state index contributed by atoms with van der Waals surface area (Å²) in [4.78, 5) is 15.1. The molecule has 90 valence electrons. The number of amides is 2. The SMILES string of the molecule is C=N/C(=C\C(C)=C(C)C)NC(=O)NCCC. The number of nitrogens with one attached hydrogen (secondary N) is 2. The maximum atomic E-state index is 11.4. The standard InChI is InChI=1S/C12H21N3O/c1-6-7-14-12(16)15-11(13-5)8-10(4)9(2)3/h8H,5-7H2,1-4H3,(H2,14,15,16)/b11-8+. The molecule has 0 atom stereocenters. The Balaban J connectivity index is 4.47. The van der Waals surface area contributed by atoms with Crippen LogP contribution in [0.1, 0.15) is 34.1 Å². The maximum Gasteiger partial charge on any atom is 0.320 e. The lowest BCUT2D eigenvalue weighted by Gasteiger charge is -2.07. The van der Waals surface area contributed by atoms with Crippen molar-refractivity contribution in [2.75, 3.05) is 6.54 Å². The van der Waals surface area contributed by atoms with Crippen LogP contribution in [0.4, 0.5) is 4.79 Å². The van der Waals surface area contributed by atoms with Crippen LogP contribution in [0.15, 0.2) is 28.0 Å². The van der Waals surface area contributed by atoms with Gasteiger partial charge >= 0.3 is 6.03 Å². The third-order valence-electron chi connectivity index (χ3n) is 2.09. The smallest absolute Gasteiger partial charge is 0.320 e. The van der Waals surface area contributed by atoms with Crippen molar-refractivity contribution < 1.29 is 4.79 Å². The molecule has 0 saturated heterocycles. The van der Waals surface area contributed by atoms with Crippen molar-refractivity contribution in [3.05, 3.63) is 23.0 Å². The molecule has 0 fully saturated rings. The average molecular weight is 223 g/mol. The van der Waals surface area contributed by atoms with Crippen molar-refractivity contribution in [2.24, 2.45) is 4.99 Å². The van der Waals surface area contributed by atoms with Crippen LogP contribution in [0.25, 0.3) is 0 Å². The van der Waals surface area contributed by atoms with E-state index < -0.39 is 0 Å². The summed E-state index contributed by atoms with van der Waals surface area (Å²) in [6.07, 6.45) is 2.70. The Morgan fingerprint density at radius 3 is 2.44 bits per heavy atom. The molecule has 0 aromatic carbocycles. The van der Waals surface area contributed by atoms with Crippen molar-refractivity contribution in [3.63, 3.8) is 0 Å². The number of urea groups is 1. The lowest BCUT2D eigenvalue weighted by molar-refractivity contribution is 0.243. The maximum absolute atomic E-state index is 11.4. The number of hydrogen-bond acceptors (Lipinski definition) is 2. The lowest BCUT2D eigenvalue weighted by atomic mass is 10.2. The molecule has 0 bridgehead atoms. The third-order valence-corrected chi connectivity index (χ3v) is 2.09. The fraction of sp³-hybridized carbons (Fsp3) is 0.500. The molecule has 0 rings (SSSR count). The Labute approximate surface area is 97.5 Å². The first-order valence-corrected chi connectivity index (χ1v) is 5.38. The number of allylic oxidation sites excluding steroid dienone is 3. The van der Waals surface area contributed by atoms with Crippen LogP contribution in [-0.4, -0.2) is 19.3 Å². The van der Waals surface area contributed by atoms with E-state index in [0.29, 0.717) is 12.4 Å². The Morgan fingerprint density at radius 1 is 1.38 bits per heavy atom. The molecule has 2 N–H and O–H groups in total. The number of rotatable bonds is 5. The number of carbonyl (C=O) groups excluding carboxylic acids is 1. The highest BCUT2D eigenvalue weighted by atomic mass is 16.2. The molecule has 0 aliphatic rings. The van der Waals surface area contributed by atoms with Gasteiger partial charge in [-0.15, -0.1) is 0 Å². The van der Waals surface area contributed by atoms with E-state index in [2.05, 4.69) is 22.3 Å². The summed E-state index contributed by atoms with van der Waals surface area (Å²) in [7, 11) is 0. The van der Waals surface area contributed by atoms with E-state index in [1.54, 1.807) is 6.08 Å². The van der Waals surface area contributed by atoms with Crippen molar-refractivity contribution in [1.82, 2.24) is 10.6 Å². The first kappa shape index (κ1) is 14.4. The zero-order valence-corrected chi connectivity index (χ0v) is 10.6. The second-order valence-electron chi connectivity index (χ2n) is 3.75. The molecule has 2 amide bonds. The summed E-state index contributed by atoms with van der Waals surface area (Å²) in [6.45, 7) is 12.0. The molecule has 0 saturated carbocycles. The first-order valence-electron chi connectivity index (χ1n) is 5.38. The number of nitrogens with zero attached hydrogens (tertiary/aromatic N) is 1. The van der Waals surface area contributed by atoms with Crippen LogP contribution in [0.3, 0.4) is 0 Å². The molecule has 16 heavy (non-hydrogen) atoms. The van der Waals surface area contributed by atoms with Crippen LogP contribution in [0.5, 0.6) is 0 Å². The van der Waals surface area contributed by atoms with Crippen LogP contribution in [0, 0.1) is 0 Å². The highest BCUT2D eigenvalue weighted by Crippen LogP contribution is 2.06. The molecular weight excluding hydrogens is 202 g/mol. The largest absolute Gasteiger partial charge is 0.338 e. The molecular formula is C12H21N3O. The molecule has 4 nitrogen and oxygen atoms in total. The van der Waals surface area contributed by atoms with Gasteiger partial charge in [-0.1, -0.05) is 12.5 Å². The van der Waals surface area contributed by atoms with Crippen molar-refractivity contribution in [1.29, 1.82) is 0 Å². The molecule has 0 aliphatic carbocycles. The summed E-state index contributed by atoms with van der Waals surface area (Å²) < 4.78 is 0. The minimum Gasteiger partial charge on any atom is -0.338 e. The summed E-state index contributed by atoms with van der Waals surface area (Å²) in [5.41, 5.74) is 2.25. The van der Waals surface area contributed by atoms with Gasteiger partial charge in [0.1, 0.15) is 5.82 Å². The molecule has 0 radical (unpaired) electrons. The van der Waals surface area contributed by atoms with E-state index in [-0.39, 0.29) is 6.03 Å². The fourth-order valence-electron chi connectivity index (χ4n) is 0.870. The first-order chi connectivity index (χ1) is 7.51. The second-order valence-corrected chi connectivity index (χ2v) is 3.75. The van der Waals surface area contributed by atoms with Crippen LogP contribution < -0.4 is 10.6 Å². The summed E-state index contributed by atoms with van der Waals surface area (Å²) in [5, 5.41) is 5.34. The molecule has 0 aromatic heterocycles. The van der Waals surface area contributed by atoms with Gasteiger partial charge in [-0.05, 0) is 45.6 Å². The van der Waals surface area contributed by atoms with Crippen LogP contribution >= 0.6 is 0 Å². The van der Waals surface area contributed by atoms with Gasteiger partial charge < -0.3 is 5.32 Å². The van der Waals surface area contributed by atoms with Crippen molar-refractivity contribution in [3.8, 4) is 0 Å². The van der Waals surface area contributed by atoms with Crippen molar-refractivity contribution in [2.45, 2.75) is 34.1 Å². The molecule has 4 heteroatoms. The van der Waals surface area contributed by atoms with Crippen LogP contribution in [-0.2, 0) is 0 Å². The van der Waals surface area contributed by atoms with Gasteiger partial charge in [0.2, 0.25) is 0 Å². The predicted octanol–water partition coefficient (Wildman–Crippen LogP) is 2.59. The third kappa shape index (κ3) is 6.01. The van der Waals surface area contributed by atoms with Gasteiger partial charge in [-0.2, -0.15) is 0 Å². The van der Waals surface area contributed by atoms with E-state index in [9.17, 15) is 4.79 Å². The Kier molecular flexibility index (Phi) is 6.92. The fourth-order valence-corrected chi connectivity index (χ4v) is 0.870. The minimum atomic E-state index is -0.248. The molecule has 0 aromatic rings. The second kappa shape index (κ2) is 7.68. The molecule has 0 unspecified atom stereocenters. The van der Waals surface area contributed by atoms with Gasteiger partial charge in [0, 0.05) is 6.54 Å². The molecule has 0 aliphatic heterocycles. The zero-order chi connectivity index (χ0) is 12.6. The lowest BCUT2D eigenvalue weighted by Crippen LogP contribution is -2.34. The number of carbonyl (C=O) groups is 1. The van der Waals surface area contributed by atoms with Crippen LogP contribution in [0.2, 0.25) is 0 Å². The van der Waals surface area contributed by atoms with E-state index >= 15 is 0 Å². The normalized spacial score (nSPS) is 10.6. The number of aliphatic imine (C=N–C) groups is 1. The summed E-state index contributed by atoms with van der Waals surface area (Å²) in [5.74, 6) is 0.465. The summed E-state index contributed by atoms with van der Waals surface area (Å²) in [6, 6.07) is -0.248. The highest BCUT2D eigenvalue weighted by molar-refractivity contribution is 5.76. The minimum absolute atomic E-state index is 0.248. The highest BCUT2D eigenvalue weighted by Gasteiger charge is 2.01. The topological polar surface area (TPSA) is 53.5 Å². The van der Waals surface area contributed by atoms with E-state index in [1.165, 1.54) is 5.57 Å². The summed E-state index contributed by atoms with van der Waals surface area (Å²) >= 11 is 0. The predicted molar refractivity (Wildman–Crippen MR) is 68.5 cm³/mol.